The highest BCUT2D eigenvalue weighted by atomic mass is 31.2. The Hall–Kier alpha value is -0.730. The van der Waals surface area contributed by atoms with Crippen LogP contribution in [0.25, 0.3) is 0 Å². The lowest BCUT2D eigenvalue weighted by Gasteiger charge is -2.30. The molecule has 0 bridgehead atoms. The summed E-state index contributed by atoms with van der Waals surface area (Å²) >= 11 is 0. The summed E-state index contributed by atoms with van der Waals surface area (Å²) < 4.78 is 58.6. The van der Waals surface area contributed by atoms with Gasteiger partial charge in [0.05, 0.1) is 26.4 Å². The summed E-state index contributed by atoms with van der Waals surface area (Å²) in [7, 11) is -15.3. The molecule has 52 heavy (non-hydrogen) atoms. The zero-order chi connectivity index (χ0) is 39.7. The average Bonchev–Trinajstić information content (AvgIpc) is 3.00. The van der Waals surface area contributed by atoms with Crippen LogP contribution in [0.4, 0.5) is 0 Å². The lowest BCUT2D eigenvalue weighted by molar-refractivity contribution is -0.241. The SMILES string of the molecule is CC(C)(C)CCCCC(=O)NCCCCCCOP(=O)([O-])OCC(COP(=O)([O-])OCCCCCCNC(=O)CCCCC(C)(C)C)OP(=O)([O-])O. The molecule has 3 unspecified atom stereocenters. The van der Waals surface area contributed by atoms with Crippen molar-refractivity contribution in [1.29, 1.82) is 0 Å². The standard InChI is InChI=1S/C33H69N2O14P3/c1-32(2,3)21-13-11-19-30(36)34-23-15-7-9-17-25-45-51(41,42)47-27-29(49-50(38,39)40)28-48-52(43,44)46-26-18-10-8-16-24-35-31(37)20-12-14-22-33(4,5)6/h29H,7-28H2,1-6H3,(H,34,36)(H,35,37)(H,41,42)(H,43,44)(H2,38,39,40)/p-3. The van der Waals surface area contributed by atoms with Gasteiger partial charge in [-0.25, -0.2) is 0 Å². The van der Waals surface area contributed by atoms with E-state index >= 15 is 0 Å². The first-order chi connectivity index (χ1) is 24.0. The van der Waals surface area contributed by atoms with Crippen molar-refractivity contribution in [3.63, 3.8) is 0 Å². The minimum Gasteiger partial charge on any atom is -0.756 e. The van der Waals surface area contributed by atoms with E-state index in [4.69, 9.17) is 13.9 Å². The van der Waals surface area contributed by atoms with Crippen LogP contribution in [-0.4, -0.2) is 62.3 Å². The van der Waals surface area contributed by atoms with E-state index in [-0.39, 0.29) is 35.9 Å². The maximum atomic E-state index is 12.1. The van der Waals surface area contributed by atoms with Gasteiger partial charge in [0.1, 0.15) is 6.10 Å². The summed E-state index contributed by atoms with van der Waals surface area (Å²) in [5.74, 6) is 0.0151. The molecule has 0 saturated carbocycles. The van der Waals surface area contributed by atoms with Crippen molar-refractivity contribution in [3.05, 3.63) is 0 Å². The minimum absolute atomic E-state index is 0.00757. The third-order valence-corrected chi connectivity index (χ3v) is 10.1. The molecule has 0 spiro atoms. The Morgan fingerprint density at radius 2 is 0.942 bits per heavy atom. The number of phosphoric ester groups is 3. The third kappa shape index (κ3) is 36.3. The number of hydrogen-bond acceptors (Lipinski definition) is 13. The molecular weight excluding hydrogens is 741 g/mol. The second-order valence-corrected chi connectivity index (χ2v) is 19.4. The van der Waals surface area contributed by atoms with Gasteiger partial charge in [0, 0.05) is 25.9 Å². The van der Waals surface area contributed by atoms with Gasteiger partial charge in [-0.05, 0) is 62.2 Å². The van der Waals surface area contributed by atoms with Crippen LogP contribution >= 0.6 is 23.5 Å². The molecule has 3 N–H and O–H groups in total. The molecule has 0 fully saturated rings. The molecular formula is C33H66N2O14P3-3. The zero-order valence-corrected chi connectivity index (χ0v) is 34.9. The third-order valence-electron chi connectivity index (χ3n) is 7.57. The molecule has 0 aliphatic rings. The van der Waals surface area contributed by atoms with E-state index in [0.29, 0.717) is 64.5 Å². The van der Waals surface area contributed by atoms with Crippen molar-refractivity contribution in [1.82, 2.24) is 10.6 Å². The molecule has 0 aromatic rings. The Bertz CT molecular complexity index is 1050. The molecule has 16 nitrogen and oxygen atoms in total. The Labute approximate surface area is 311 Å². The molecule has 0 aliphatic carbocycles. The van der Waals surface area contributed by atoms with Crippen molar-refractivity contribution in [2.24, 2.45) is 10.8 Å². The first-order valence-electron chi connectivity index (χ1n) is 18.4. The number of rotatable bonds is 32. The van der Waals surface area contributed by atoms with Crippen LogP contribution < -0.4 is 25.3 Å². The fourth-order valence-corrected chi connectivity index (χ4v) is 6.80. The van der Waals surface area contributed by atoms with Gasteiger partial charge in [-0.3, -0.25) is 23.3 Å². The molecule has 0 aromatic heterocycles. The molecule has 0 aliphatic heterocycles. The first kappa shape index (κ1) is 51.3. The number of nitrogens with one attached hydrogen (secondary N) is 2. The van der Waals surface area contributed by atoms with Crippen LogP contribution in [0.15, 0.2) is 0 Å². The fraction of sp³-hybridized carbons (Fsp3) is 0.939. The van der Waals surface area contributed by atoms with Crippen molar-refractivity contribution in [3.8, 4) is 0 Å². The van der Waals surface area contributed by atoms with Crippen molar-refractivity contribution >= 4 is 35.3 Å². The second kappa shape index (κ2) is 27.0. The van der Waals surface area contributed by atoms with Gasteiger partial charge in [0.2, 0.25) is 11.8 Å². The number of unbranched alkanes of at least 4 members (excludes halogenated alkanes) is 8. The van der Waals surface area contributed by atoms with Gasteiger partial charge in [0.15, 0.2) is 0 Å². The zero-order valence-electron chi connectivity index (χ0n) is 32.2. The average molecular weight is 808 g/mol. The van der Waals surface area contributed by atoms with Gasteiger partial charge in [0.25, 0.3) is 23.5 Å². The molecule has 0 rings (SSSR count). The molecule has 0 aromatic carbocycles. The van der Waals surface area contributed by atoms with Crippen LogP contribution in [0.1, 0.15) is 144 Å². The fourth-order valence-electron chi connectivity index (χ4n) is 4.75. The highest BCUT2D eigenvalue weighted by Gasteiger charge is 2.22. The Morgan fingerprint density at radius 1 is 0.577 bits per heavy atom. The highest BCUT2D eigenvalue weighted by molar-refractivity contribution is 7.46. The number of carbonyl (C=O) groups excluding carboxylic acids is 2. The van der Waals surface area contributed by atoms with Crippen LogP contribution in [0.3, 0.4) is 0 Å². The van der Waals surface area contributed by atoms with Gasteiger partial charge < -0.3 is 52.8 Å². The maximum absolute atomic E-state index is 12.1. The largest absolute Gasteiger partial charge is 0.756 e. The summed E-state index contributed by atoms with van der Waals surface area (Å²) in [5, 5.41) is 5.74. The van der Waals surface area contributed by atoms with Gasteiger partial charge in [-0.15, -0.1) is 0 Å². The number of hydrogen-bond donors (Lipinski definition) is 3. The van der Waals surface area contributed by atoms with E-state index in [1.54, 1.807) is 0 Å². The molecule has 19 heteroatoms. The van der Waals surface area contributed by atoms with E-state index in [1.165, 1.54) is 0 Å². The van der Waals surface area contributed by atoms with E-state index in [9.17, 15) is 38.0 Å². The summed E-state index contributed by atoms with van der Waals surface area (Å²) in [4.78, 5) is 68.4. The number of carbonyl (C=O) groups is 2. The van der Waals surface area contributed by atoms with Crippen molar-refractivity contribution in [2.75, 3.05) is 39.5 Å². The second-order valence-electron chi connectivity index (χ2n) is 15.4. The molecule has 310 valence electrons. The van der Waals surface area contributed by atoms with Crippen LogP contribution in [0.2, 0.25) is 0 Å². The van der Waals surface area contributed by atoms with Crippen LogP contribution in [0.5, 0.6) is 0 Å². The van der Waals surface area contributed by atoms with Gasteiger partial charge in [-0.2, -0.15) is 0 Å². The summed E-state index contributed by atoms with van der Waals surface area (Å²) in [6.07, 6.45) is 9.69. The molecule has 0 saturated heterocycles. The highest BCUT2D eigenvalue weighted by Crippen LogP contribution is 2.43. The smallest absolute Gasteiger partial charge is 0.267 e. The van der Waals surface area contributed by atoms with Crippen LogP contribution in [-0.2, 0) is 45.9 Å². The van der Waals surface area contributed by atoms with Crippen molar-refractivity contribution in [2.45, 2.75) is 150 Å². The number of amides is 2. The summed E-state index contributed by atoms with van der Waals surface area (Å²) in [5.41, 5.74) is 0.499. The Morgan fingerprint density at radius 3 is 1.29 bits per heavy atom. The van der Waals surface area contributed by atoms with Crippen LogP contribution in [0, 0.1) is 10.8 Å². The molecule has 2 amide bonds. The molecule has 0 heterocycles. The predicted octanol–water partition coefficient (Wildman–Crippen LogP) is 5.40. The maximum Gasteiger partial charge on any atom is 0.267 e. The van der Waals surface area contributed by atoms with E-state index in [1.807, 2.05) is 0 Å². The minimum atomic E-state index is -5.43. The molecule has 3 atom stereocenters. The predicted molar refractivity (Wildman–Crippen MR) is 193 cm³/mol. The van der Waals surface area contributed by atoms with E-state index in [2.05, 4.69) is 65.7 Å². The normalized spacial score (nSPS) is 16.4. The summed E-state index contributed by atoms with van der Waals surface area (Å²) in [6.45, 7) is 11.5. The molecule has 0 radical (unpaired) electrons. The van der Waals surface area contributed by atoms with Gasteiger partial charge >= 0.3 is 0 Å². The van der Waals surface area contributed by atoms with Gasteiger partial charge in [-0.1, -0.05) is 80.1 Å². The topological polar surface area (TPSA) is 245 Å². The quantitative estimate of drug-likeness (QED) is 0.0569. The number of phosphoric acid groups is 3. The summed E-state index contributed by atoms with van der Waals surface area (Å²) in [6, 6.07) is 0. The van der Waals surface area contributed by atoms with Crippen molar-refractivity contribution < 1.29 is 65.5 Å². The Kier molecular flexibility index (Phi) is 26.6. The first-order valence-corrected chi connectivity index (χ1v) is 22.9. The van der Waals surface area contributed by atoms with E-state index in [0.717, 1.165) is 51.4 Å². The lowest BCUT2D eigenvalue weighted by Crippen LogP contribution is -2.28. The lowest BCUT2D eigenvalue weighted by atomic mass is 9.89. The Balaban J connectivity index is 4.21. The monoisotopic (exact) mass is 807 g/mol. The van der Waals surface area contributed by atoms with E-state index < -0.39 is 42.8 Å².